The van der Waals surface area contributed by atoms with Gasteiger partial charge in [-0.3, -0.25) is 4.79 Å². The number of carboxylic acid groups (broad SMARTS) is 1. The Morgan fingerprint density at radius 2 is 1.83 bits per heavy atom. The van der Waals surface area contributed by atoms with E-state index in [0.717, 1.165) is 12.1 Å². The minimum Gasteiger partial charge on any atom is -0.550 e. The third kappa shape index (κ3) is 4.08. The van der Waals surface area contributed by atoms with Crippen molar-refractivity contribution in [3.8, 4) is 0 Å². The van der Waals surface area contributed by atoms with Crippen molar-refractivity contribution in [2.45, 2.75) is 19.2 Å². The summed E-state index contributed by atoms with van der Waals surface area (Å²) in [6.45, 7) is -0.637. The van der Waals surface area contributed by atoms with E-state index in [1.54, 1.807) is 0 Å². The molecule has 0 saturated heterocycles. The molecule has 98 valence electrons. The Morgan fingerprint density at radius 3 is 2.39 bits per heavy atom. The lowest BCUT2D eigenvalue weighted by molar-refractivity contribution is -0.305. The molecule has 7 heteroatoms. The minimum atomic E-state index is -4.56. The van der Waals surface area contributed by atoms with E-state index in [-0.39, 0.29) is 5.56 Å². The van der Waals surface area contributed by atoms with Crippen molar-refractivity contribution in [3.63, 3.8) is 0 Å². The summed E-state index contributed by atoms with van der Waals surface area (Å²) in [5, 5.41) is 10.1. The minimum absolute atomic E-state index is 0.239. The highest BCUT2D eigenvalue weighted by molar-refractivity contribution is 5.89. The molecule has 1 rings (SSSR count). The van der Waals surface area contributed by atoms with Gasteiger partial charge in [0.15, 0.2) is 0 Å². The lowest BCUT2D eigenvalue weighted by Crippen LogP contribution is -2.26. The van der Waals surface area contributed by atoms with Gasteiger partial charge in [0.05, 0.1) is 18.0 Å². The van der Waals surface area contributed by atoms with Crippen molar-refractivity contribution in [3.05, 3.63) is 35.4 Å². The first-order valence-electron chi connectivity index (χ1n) is 4.81. The number of halogens is 3. The zero-order valence-electron chi connectivity index (χ0n) is 8.99. The monoisotopic (exact) mass is 261 g/mol. The zero-order valence-corrected chi connectivity index (χ0v) is 8.99. The van der Waals surface area contributed by atoms with Crippen molar-refractivity contribution in [2.75, 3.05) is 0 Å². The van der Waals surface area contributed by atoms with E-state index in [0.29, 0.717) is 0 Å². The Bertz CT molecular complexity index is 454. The SMILES string of the molecule is O=C([O-])CC(=O)OCc1ccccc1C(F)(F)F. The van der Waals surface area contributed by atoms with Gasteiger partial charge in [-0.25, -0.2) is 0 Å². The van der Waals surface area contributed by atoms with Crippen LogP contribution in [-0.2, 0) is 27.1 Å². The standard InChI is InChI=1S/C11H9F3O4/c12-11(13,14)8-4-2-1-3-7(8)6-18-10(17)5-9(15)16/h1-4H,5-6H2,(H,15,16)/p-1. The molecule has 1 aromatic carbocycles. The second kappa shape index (κ2) is 5.52. The number of alkyl halides is 3. The molecule has 0 N–H and O–H groups in total. The van der Waals surface area contributed by atoms with Gasteiger partial charge < -0.3 is 14.6 Å². The van der Waals surface area contributed by atoms with E-state index >= 15 is 0 Å². The summed E-state index contributed by atoms with van der Waals surface area (Å²) in [5.74, 6) is -2.80. The highest BCUT2D eigenvalue weighted by atomic mass is 19.4. The Balaban J connectivity index is 2.74. The Labute approximate surface area is 100.0 Å². The third-order valence-corrected chi connectivity index (χ3v) is 2.00. The maximum absolute atomic E-state index is 12.5. The Kier molecular flexibility index (Phi) is 4.30. The van der Waals surface area contributed by atoms with Crippen LogP contribution in [0.4, 0.5) is 13.2 Å². The number of hydrogen-bond acceptors (Lipinski definition) is 4. The summed E-state index contributed by atoms with van der Waals surface area (Å²) in [7, 11) is 0. The van der Waals surface area contributed by atoms with Crippen LogP contribution in [0.25, 0.3) is 0 Å². The van der Waals surface area contributed by atoms with Crippen LogP contribution in [0.15, 0.2) is 24.3 Å². The van der Waals surface area contributed by atoms with E-state index in [1.165, 1.54) is 12.1 Å². The van der Waals surface area contributed by atoms with Crippen LogP contribution in [0.5, 0.6) is 0 Å². The van der Waals surface area contributed by atoms with Crippen LogP contribution in [-0.4, -0.2) is 11.9 Å². The predicted octanol–water partition coefficient (Wildman–Crippen LogP) is 0.889. The number of hydrogen-bond donors (Lipinski definition) is 0. The molecule has 0 spiro atoms. The fourth-order valence-corrected chi connectivity index (χ4v) is 1.25. The zero-order chi connectivity index (χ0) is 13.8. The van der Waals surface area contributed by atoms with E-state index < -0.39 is 36.7 Å². The third-order valence-electron chi connectivity index (χ3n) is 2.00. The largest absolute Gasteiger partial charge is 0.550 e. The first kappa shape index (κ1) is 14.0. The van der Waals surface area contributed by atoms with Crippen molar-refractivity contribution in [2.24, 2.45) is 0 Å². The van der Waals surface area contributed by atoms with Gasteiger partial charge in [0.1, 0.15) is 6.61 Å². The predicted molar refractivity (Wildman–Crippen MR) is 50.9 cm³/mol. The summed E-state index contributed by atoms with van der Waals surface area (Å²) in [6.07, 6.45) is -5.55. The van der Waals surface area contributed by atoms with Crippen LogP contribution in [0.1, 0.15) is 17.5 Å². The number of ether oxygens (including phenoxy) is 1. The average Bonchev–Trinajstić information content (AvgIpc) is 2.24. The first-order valence-corrected chi connectivity index (χ1v) is 4.81. The molecule has 0 heterocycles. The molecular formula is C11H8F3O4-. The molecule has 0 bridgehead atoms. The van der Waals surface area contributed by atoms with Crippen LogP contribution in [0.2, 0.25) is 0 Å². The molecule has 0 fully saturated rings. The molecule has 18 heavy (non-hydrogen) atoms. The summed E-state index contributed by atoms with van der Waals surface area (Å²) in [6, 6.07) is 4.56. The molecule has 1 aromatic rings. The smallest absolute Gasteiger partial charge is 0.416 e. The fraction of sp³-hybridized carbons (Fsp3) is 0.273. The highest BCUT2D eigenvalue weighted by Crippen LogP contribution is 2.32. The van der Waals surface area contributed by atoms with Gasteiger partial charge >= 0.3 is 12.1 Å². The van der Waals surface area contributed by atoms with Gasteiger partial charge in [-0.2, -0.15) is 13.2 Å². The number of rotatable bonds is 4. The second-order valence-electron chi connectivity index (χ2n) is 3.36. The second-order valence-corrected chi connectivity index (χ2v) is 3.36. The van der Waals surface area contributed by atoms with Gasteiger partial charge in [-0.15, -0.1) is 0 Å². The maximum Gasteiger partial charge on any atom is 0.416 e. The van der Waals surface area contributed by atoms with Gasteiger partial charge in [0.25, 0.3) is 0 Å². The molecule has 0 aliphatic heterocycles. The molecule has 0 saturated carbocycles. The molecule has 0 unspecified atom stereocenters. The number of carbonyl (C=O) groups is 2. The Morgan fingerprint density at radius 1 is 1.22 bits per heavy atom. The lowest BCUT2D eigenvalue weighted by atomic mass is 10.1. The molecule has 0 radical (unpaired) electrons. The number of esters is 1. The summed E-state index contributed by atoms with van der Waals surface area (Å²) >= 11 is 0. The Hall–Kier alpha value is -2.05. The normalized spacial score (nSPS) is 11.1. The average molecular weight is 261 g/mol. The quantitative estimate of drug-likeness (QED) is 0.596. The first-order chi connectivity index (χ1) is 8.30. The van der Waals surface area contributed by atoms with E-state index in [9.17, 15) is 27.9 Å². The topological polar surface area (TPSA) is 66.4 Å². The summed E-state index contributed by atoms with van der Waals surface area (Å²) < 4.78 is 42.0. The van der Waals surface area contributed by atoms with Crippen molar-refractivity contribution in [1.82, 2.24) is 0 Å². The van der Waals surface area contributed by atoms with Crippen molar-refractivity contribution >= 4 is 11.9 Å². The van der Waals surface area contributed by atoms with Gasteiger partial charge in [0.2, 0.25) is 0 Å². The summed E-state index contributed by atoms with van der Waals surface area (Å²) in [5.41, 5.74) is -1.16. The number of benzene rings is 1. The van der Waals surface area contributed by atoms with E-state index in [1.807, 2.05) is 0 Å². The van der Waals surface area contributed by atoms with Crippen molar-refractivity contribution < 1.29 is 32.6 Å². The lowest BCUT2D eigenvalue weighted by Gasteiger charge is -2.12. The van der Waals surface area contributed by atoms with E-state index in [2.05, 4.69) is 4.74 Å². The van der Waals surface area contributed by atoms with Gasteiger partial charge in [-0.05, 0) is 6.07 Å². The fourth-order valence-electron chi connectivity index (χ4n) is 1.25. The molecule has 0 atom stereocenters. The number of aliphatic carboxylic acids is 1. The van der Waals surface area contributed by atoms with E-state index in [4.69, 9.17) is 0 Å². The molecular weight excluding hydrogens is 253 g/mol. The number of carboxylic acids is 1. The molecule has 0 amide bonds. The summed E-state index contributed by atoms with van der Waals surface area (Å²) in [4.78, 5) is 20.9. The van der Waals surface area contributed by atoms with Crippen LogP contribution >= 0.6 is 0 Å². The van der Waals surface area contributed by atoms with Gasteiger partial charge in [0, 0.05) is 5.56 Å². The molecule has 0 aliphatic rings. The highest BCUT2D eigenvalue weighted by Gasteiger charge is 2.33. The molecule has 0 aliphatic carbocycles. The van der Waals surface area contributed by atoms with Crippen molar-refractivity contribution in [1.29, 1.82) is 0 Å². The van der Waals surface area contributed by atoms with Gasteiger partial charge in [-0.1, -0.05) is 18.2 Å². The van der Waals surface area contributed by atoms with Crippen LogP contribution in [0, 0.1) is 0 Å². The maximum atomic E-state index is 12.5. The van der Waals surface area contributed by atoms with Crippen LogP contribution < -0.4 is 5.11 Å². The molecule has 4 nitrogen and oxygen atoms in total. The molecule has 0 aromatic heterocycles. The van der Waals surface area contributed by atoms with Crippen LogP contribution in [0.3, 0.4) is 0 Å². The number of carbonyl (C=O) groups excluding carboxylic acids is 2.